The van der Waals surface area contributed by atoms with Crippen LogP contribution in [0.25, 0.3) is 0 Å². The molecule has 0 aromatic carbocycles. The number of fused-ring (bicyclic) bond motifs is 1. The lowest BCUT2D eigenvalue weighted by atomic mass is 10.1. The molecule has 3 heterocycles. The number of aromatic nitrogens is 4. The summed E-state index contributed by atoms with van der Waals surface area (Å²) in [7, 11) is 0. The molecule has 0 spiro atoms. The quantitative estimate of drug-likeness (QED) is 0.856. The zero-order valence-electron chi connectivity index (χ0n) is 12.0. The van der Waals surface area contributed by atoms with E-state index in [1.54, 1.807) is 21.8 Å². The van der Waals surface area contributed by atoms with E-state index in [2.05, 4.69) is 10.2 Å². The summed E-state index contributed by atoms with van der Waals surface area (Å²) in [5, 5.41) is 17.4. The van der Waals surface area contributed by atoms with E-state index in [0.717, 1.165) is 11.3 Å². The van der Waals surface area contributed by atoms with Gasteiger partial charge in [-0.05, 0) is 6.07 Å². The Kier molecular flexibility index (Phi) is 3.74. The minimum Gasteiger partial charge on any atom is -0.394 e. The molecule has 1 atom stereocenters. The molecule has 3 rings (SSSR count). The second-order valence-corrected chi connectivity index (χ2v) is 5.39. The summed E-state index contributed by atoms with van der Waals surface area (Å²) in [5.41, 5.74) is 2.10. The number of nitrogens with zero attached hydrogens (tertiary/aromatic N) is 5. The maximum Gasteiger partial charge on any atom is 0.227 e. The first-order valence-corrected chi connectivity index (χ1v) is 7.09. The lowest BCUT2D eigenvalue weighted by Crippen LogP contribution is -2.33. The van der Waals surface area contributed by atoms with Gasteiger partial charge in [0.1, 0.15) is 0 Å². The molecule has 0 saturated carbocycles. The average molecular weight is 289 g/mol. The van der Waals surface area contributed by atoms with E-state index in [1.165, 1.54) is 0 Å². The third kappa shape index (κ3) is 2.69. The first-order chi connectivity index (χ1) is 10.2. The van der Waals surface area contributed by atoms with Crippen molar-refractivity contribution in [3.8, 4) is 0 Å². The molecule has 0 saturated heterocycles. The molecular formula is C14H19N5O2. The monoisotopic (exact) mass is 289 g/mol. The van der Waals surface area contributed by atoms with E-state index in [1.807, 2.05) is 24.1 Å². The number of hydrogen-bond acceptors (Lipinski definition) is 4. The van der Waals surface area contributed by atoms with E-state index in [0.29, 0.717) is 26.2 Å². The molecule has 0 aliphatic carbocycles. The summed E-state index contributed by atoms with van der Waals surface area (Å²) in [5.74, 6) is 0.00501. The molecular weight excluding hydrogens is 270 g/mol. The van der Waals surface area contributed by atoms with Gasteiger partial charge in [0.25, 0.3) is 0 Å². The molecule has 0 radical (unpaired) electrons. The maximum atomic E-state index is 12.5. The second-order valence-electron chi connectivity index (χ2n) is 5.39. The van der Waals surface area contributed by atoms with Crippen molar-refractivity contribution in [2.75, 3.05) is 6.61 Å². The predicted molar refractivity (Wildman–Crippen MR) is 75.0 cm³/mol. The first-order valence-electron chi connectivity index (χ1n) is 7.09. The molecule has 2 aromatic heterocycles. The van der Waals surface area contributed by atoms with Crippen LogP contribution in [0.2, 0.25) is 0 Å². The van der Waals surface area contributed by atoms with E-state index < -0.39 is 0 Å². The topological polar surface area (TPSA) is 76.2 Å². The van der Waals surface area contributed by atoms with Crippen LogP contribution in [-0.4, -0.2) is 42.1 Å². The number of carbonyl (C=O) groups is 1. The Balaban J connectivity index is 1.64. The third-order valence-electron chi connectivity index (χ3n) is 3.80. The molecule has 0 unspecified atom stereocenters. The van der Waals surface area contributed by atoms with E-state index in [4.69, 9.17) is 5.11 Å². The highest BCUT2D eigenvalue weighted by molar-refractivity contribution is 5.79. The summed E-state index contributed by atoms with van der Waals surface area (Å²) in [6.07, 6.45) is 5.37. The van der Waals surface area contributed by atoms with Crippen LogP contribution in [-0.2, 0) is 31.0 Å². The van der Waals surface area contributed by atoms with Crippen molar-refractivity contribution in [3.63, 3.8) is 0 Å². The number of rotatable bonds is 5. The molecule has 7 heteroatoms. The van der Waals surface area contributed by atoms with Gasteiger partial charge in [0.15, 0.2) is 0 Å². The van der Waals surface area contributed by atoms with Crippen molar-refractivity contribution in [2.24, 2.45) is 5.92 Å². The molecule has 7 nitrogen and oxygen atoms in total. The number of hydrogen-bond donors (Lipinski definition) is 1. The summed E-state index contributed by atoms with van der Waals surface area (Å²) < 4.78 is 3.56. The Bertz CT molecular complexity index is 619. The summed E-state index contributed by atoms with van der Waals surface area (Å²) in [4.78, 5) is 14.4. The van der Waals surface area contributed by atoms with Crippen molar-refractivity contribution in [2.45, 2.75) is 33.1 Å². The highest BCUT2D eigenvalue weighted by atomic mass is 16.3. The van der Waals surface area contributed by atoms with Crippen LogP contribution in [0.3, 0.4) is 0 Å². The molecule has 1 aliphatic rings. The highest BCUT2D eigenvalue weighted by Gasteiger charge is 2.29. The van der Waals surface area contributed by atoms with Crippen molar-refractivity contribution < 1.29 is 9.90 Å². The SMILES string of the molecule is C[C@@H](Cn1cccn1)C(=O)N1Cc2cnn(CCO)c2C1. The zero-order chi connectivity index (χ0) is 14.8. The van der Waals surface area contributed by atoms with Crippen molar-refractivity contribution in [1.29, 1.82) is 0 Å². The molecule has 112 valence electrons. The number of aliphatic hydroxyl groups excluding tert-OH is 1. The van der Waals surface area contributed by atoms with Gasteiger partial charge in [-0.3, -0.25) is 14.2 Å². The molecule has 1 aliphatic heterocycles. The van der Waals surface area contributed by atoms with Crippen LogP contribution < -0.4 is 0 Å². The third-order valence-corrected chi connectivity index (χ3v) is 3.80. The summed E-state index contributed by atoms with van der Waals surface area (Å²) in [6, 6.07) is 1.85. The number of aliphatic hydroxyl groups is 1. The normalized spacial score (nSPS) is 15.2. The number of carbonyl (C=O) groups excluding carboxylic acids is 1. The Labute approximate surface area is 122 Å². The Morgan fingerprint density at radius 3 is 3.00 bits per heavy atom. The van der Waals surface area contributed by atoms with E-state index >= 15 is 0 Å². The average Bonchev–Trinajstić information content (AvgIpc) is 3.16. The van der Waals surface area contributed by atoms with Gasteiger partial charge in [-0.25, -0.2) is 0 Å². The second kappa shape index (κ2) is 5.69. The maximum absolute atomic E-state index is 12.5. The van der Waals surface area contributed by atoms with Crippen molar-refractivity contribution >= 4 is 5.91 Å². The van der Waals surface area contributed by atoms with E-state index in [-0.39, 0.29) is 18.4 Å². The van der Waals surface area contributed by atoms with Crippen LogP contribution in [0.5, 0.6) is 0 Å². The molecule has 0 fully saturated rings. The summed E-state index contributed by atoms with van der Waals surface area (Å²) >= 11 is 0. The fourth-order valence-electron chi connectivity index (χ4n) is 2.73. The first kappa shape index (κ1) is 13.8. The Morgan fingerprint density at radius 2 is 2.29 bits per heavy atom. The van der Waals surface area contributed by atoms with Crippen LogP contribution in [0.15, 0.2) is 24.7 Å². The lowest BCUT2D eigenvalue weighted by molar-refractivity contribution is -0.136. The largest absolute Gasteiger partial charge is 0.394 e. The van der Waals surface area contributed by atoms with Gasteiger partial charge in [0.2, 0.25) is 5.91 Å². The minimum atomic E-state index is -0.117. The van der Waals surface area contributed by atoms with Gasteiger partial charge in [0, 0.05) is 24.5 Å². The van der Waals surface area contributed by atoms with Crippen molar-refractivity contribution in [1.82, 2.24) is 24.5 Å². The van der Waals surface area contributed by atoms with Crippen LogP contribution in [0.4, 0.5) is 0 Å². The van der Waals surface area contributed by atoms with Gasteiger partial charge in [0.05, 0.1) is 44.0 Å². The van der Waals surface area contributed by atoms with Gasteiger partial charge < -0.3 is 10.0 Å². The fourth-order valence-corrected chi connectivity index (χ4v) is 2.73. The highest BCUT2D eigenvalue weighted by Crippen LogP contribution is 2.24. The molecule has 21 heavy (non-hydrogen) atoms. The summed E-state index contributed by atoms with van der Waals surface area (Å²) in [6.45, 7) is 4.20. The van der Waals surface area contributed by atoms with Crippen molar-refractivity contribution in [3.05, 3.63) is 35.9 Å². The zero-order valence-corrected chi connectivity index (χ0v) is 12.0. The smallest absolute Gasteiger partial charge is 0.227 e. The van der Waals surface area contributed by atoms with Crippen LogP contribution in [0, 0.1) is 5.92 Å². The van der Waals surface area contributed by atoms with E-state index in [9.17, 15) is 4.79 Å². The molecule has 0 bridgehead atoms. The Hall–Kier alpha value is -2.15. The van der Waals surface area contributed by atoms with Gasteiger partial charge >= 0.3 is 0 Å². The standard InChI is InChI=1S/C14H19N5O2/c1-11(8-18-4-2-3-15-18)14(21)17-9-12-7-16-19(5-6-20)13(12)10-17/h2-4,7,11,20H,5-6,8-10H2,1H3/t11-/m0/s1. The molecule has 2 aromatic rings. The fraction of sp³-hybridized carbons (Fsp3) is 0.500. The molecule has 1 N–H and O–H groups in total. The van der Waals surface area contributed by atoms with Gasteiger partial charge in [-0.2, -0.15) is 10.2 Å². The Morgan fingerprint density at radius 1 is 1.43 bits per heavy atom. The predicted octanol–water partition coefficient (Wildman–Crippen LogP) is 0.250. The van der Waals surface area contributed by atoms with Gasteiger partial charge in [-0.1, -0.05) is 6.92 Å². The number of amides is 1. The minimum absolute atomic E-state index is 0.0533. The van der Waals surface area contributed by atoms with Crippen LogP contribution in [0.1, 0.15) is 18.2 Å². The van der Waals surface area contributed by atoms with Crippen LogP contribution >= 0.6 is 0 Å². The lowest BCUT2D eigenvalue weighted by Gasteiger charge is -2.20. The van der Waals surface area contributed by atoms with Gasteiger partial charge in [-0.15, -0.1) is 0 Å². The molecule has 1 amide bonds.